The molecule has 0 aromatic heterocycles. The zero-order chi connectivity index (χ0) is 21.1. The lowest BCUT2D eigenvalue weighted by Gasteiger charge is -2.26. The van der Waals surface area contributed by atoms with E-state index in [2.05, 4.69) is 88.4 Å². The Hall–Kier alpha value is -2.34. The monoisotopic (exact) mass is 396 g/mol. The van der Waals surface area contributed by atoms with Gasteiger partial charge in [0.2, 0.25) is 0 Å². The molecule has 0 spiro atoms. The summed E-state index contributed by atoms with van der Waals surface area (Å²) >= 11 is 0. The van der Waals surface area contributed by atoms with Crippen molar-refractivity contribution in [3.05, 3.63) is 82.9 Å². The average Bonchev–Trinajstić information content (AvgIpc) is 2.74. The van der Waals surface area contributed by atoms with Gasteiger partial charge in [0.05, 0.1) is 0 Å². The Morgan fingerprint density at radius 3 is 1.83 bits per heavy atom. The van der Waals surface area contributed by atoms with Crippen LogP contribution in [0.4, 0.5) is 0 Å². The molecule has 30 heavy (non-hydrogen) atoms. The van der Waals surface area contributed by atoms with Gasteiger partial charge in [-0.15, -0.1) is 0 Å². The maximum absolute atomic E-state index is 2.41. The van der Waals surface area contributed by atoms with E-state index in [1.807, 2.05) is 0 Å². The van der Waals surface area contributed by atoms with Crippen LogP contribution in [0.5, 0.6) is 0 Å². The molecule has 0 bridgehead atoms. The van der Waals surface area contributed by atoms with Crippen LogP contribution in [0.2, 0.25) is 0 Å². The quantitative estimate of drug-likeness (QED) is 0.404. The van der Waals surface area contributed by atoms with Crippen molar-refractivity contribution in [1.29, 1.82) is 0 Å². The van der Waals surface area contributed by atoms with Gasteiger partial charge in [0.25, 0.3) is 0 Å². The number of aryl methyl sites for hydroxylation is 4. The minimum absolute atomic E-state index is 0.945. The van der Waals surface area contributed by atoms with E-state index in [0.717, 1.165) is 11.8 Å². The number of hydrogen-bond donors (Lipinski definition) is 0. The first kappa shape index (κ1) is 20.9. The zero-order valence-corrected chi connectivity index (χ0v) is 19.2. The third-order valence-electron chi connectivity index (χ3n) is 7.14. The van der Waals surface area contributed by atoms with Crippen LogP contribution in [0.3, 0.4) is 0 Å². The van der Waals surface area contributed by atoms with Crippen LogP contribution in [0.25, 0.3) is 22.3 Å². The summed E-state index contributed by atoms with van der Waals surface area (Å²) in [5.74, 6) is 1.89. The van der Waals surface area contributed by atoms with Crippen molar-refractivity contribution in [3.8, 4) is 22.3 Å². The molecule has 0 N–H and O–H groups in total. The lowest BCUT2D eigenvalue weighted by Crippen LogP contribution is -2.12. The Balaban J connectivity index is 1.47. The van der Waals surface area contributed by atoms with E-state index >= 15 is 0 Å². The molecule has 0 atom stereocenters. The van der Waals surface area contributed by atoms with Gasteiger partial charge in [0, 0.05) is 0 Å². The molecule has 1 aliphatic rings. The molecule has 1 fully saturated rings. The van der Waals surface area contributed by atoms with Gasteiger partial charge < -0.3 is 0 Å². The Morgan fingerprint density at radius 1 is 0.667 bits per heavy atom. The highest BCUT2D eigenvalue weighted by atomic mass is 14.2. The SMILES string of the molecule is Cc1ccc(-c2c(C)cc(-c3ccc(CCC4CCC(C)CC4)cc3)cc2C)cc1. The molecular weight excluding hydrogens is 360 g/mol. The highest BCUT2D eigenvalue weighted by Crippen LogP contribution is 2.33. The molecule has 3 aromatic rings. The van der Waals surface area contributed by atoms with Gasteiger partial charge in [-0.05, 0) is 84.4 Å². The van der Waals surface area contributed by atoms with Crippen molar-refractivity contribution < 1.29 is 0 Å². The largest absolute Gasteiger partial charge is 0.0625 e. The predicted molar refractivity (Wildman–Crippen MR) is 131 cm³/mol. The van der Waals surface area contributed by atoms with E-state index in [1.165, 1.54) is 83.0 Å². The summed E-state index contributed by atoms with van der Waals surface area (Å²) in [7, 11) is 0. The summed E-state index contributed by atoms with van der Waals surface area (Å²) < 4.78 is 0. The molecule has 3 aromatic carbocycles. The fraction of sp³-hybridized carbons (Fsp3) is 0.400. The van der Waals surface area contributed by atoms with Gasteiger partial charge >= 0.3 is 0 Å². The normalized spacial score (nSPS) is 19.1. The fourth-order valence-electron chi connectivity index (χ4n) is 5.16. The summed E-state index contributed by atoms with van der Waals surface area (Å²) in [5, 5.41) is 0. The maximum Gasteiger partial charge on any atom is -0.0125 e. The number of benzene rings is 3. The molecule has 1 saturated carbocycles. The van der Waals surface area contributed by atoms with E-state index in [1.54, 1.807) is 0 Å². The summed E-state index contributed by atoms with van der Waals surface area (Å²) in [6.07, 6.45) is 8.32. The van der Waals surface area contributed by atoms with Crippen LogP contribution >= 0.6 is 0 Å². The van der Waals surface area contributed by atoms with Crippen molar-refractivity contribution in [2.45, 2.75) is 66.2 Å². The average molecular weight is 397 g/mol. The second-order valence-electron chi connectivity index (χ2n) is 9.71. The Morgan fingerprint density at radius 2 is 1.23 bits per heavy atom. The number of hydrogen-bond acceptors (Lipinski definition) is 0. The molecule has 0 heterocycles. The summed E-state index contributed by atoms with van der Waals surface area (Å²) in [5.41, 5.74) is 10.8. The second kappa shape index (κ2) is 9.21. The summed E-state index contributed by atoms with van der Waals surface area (Å²) in [6.45, 7) is 9.04. The second-order valence-corrected chi connectivity index (χ2v) is 9.71. The summed E-state index contributed by atoms with van der Waals surface area (Å²) in [6, 6.07) is 22.9. The van der Waals surface area contributed by atoms with Gasteiger partial charge in [-0.25, -0.2) is 0 Å². The van der Waals surface area contributed by atoms with E-state index in [-0.39, 0.29) is 0 Å². The Kier molecular flexibility index (Phi) is 6.42. The molecule has 0 nitrogen and oxygen atoms in total. The molecule has 0 aliphatic heterocycles. The van der Waals surface area contributed by atoms with Crippen LogP contribution < -0.4 is 0 Å². The predicted octanol–water partition coefficient (Wildman–Crippen LogP) is 8.70. The van der Waals surface area contributed by atoms with Crippen LogP contribution in [-0.4, -0.2) is 0 Å². The first-order chi connectivity index (χ1) is 14.5. The first-order valence-electron chi connectivity index (χ1n) is 11.8. The molecule has 0 saturated heterocycles. The van der Waals surface area contributed by atoms with E-state index in [9.17, 15) is 0 Å². The van der Waals surface area contributed by atoms with Crippen LogP contribution in [0.1, 0.15) is 61.3 Å². The topological polar surface area (TPSA) is 0 Å². The van der Waals surface area contributed by atoms with Crippen LogP contribution in [0, 0.1) is 32.6 Å². The van der Waals surface area contributed by atoms with E-state index < -0.39 is 0 Å². The van der Waals surface area contributed by atoms with Crippen molar-refractivity contribution in [1.82, 2.24) is 0 Å². The molecule has 156 valence electrons. The Labute approximate surface area is 183 Å². The van der Waals surface area contributed by atoms with Crippen molar-refractivity contribution in [3.63, 3.8) is 0 Å². The molecule has 4 rings (SSSR count). The number of rotatable bonds is 5. The molecular formula is C30H36. The summed E-state index contributed by atoms with van der Waals surface area (Å²) in [4.78, 5) is 0. The zero-order valence-electron chi connectivity index (χ0n) is 19.2. The highest BCUT2D eigenvalue weighted by Gasteiger charge is 2.17. The Bertz CT molecular complexity index is 945. The minimum Gasteiger partial charge on any atom is -0.0625 e. The fourth-order valence-corrected chi connectivity index (χ4v) is 5.16. The maximum atomic E-state index is 2.41. The van der Waals surface area contributed by atoms with Gasteiger partial charge in [-0.2, -0.15) is 0 Å². The smallest absolute Gasteiger partial charge is 0.0125 e. The van der Waals surface area contributed by atoms with Crippen LogP contribution in [-0.2, 0) is 6.42 Å². The van der Waals surface area contributed by atoms with Crippen LogP contribution in [0.15, 0.2) is 60.7 Å². The third-order valence-corrected chi connectivity index (χ3v) is 7.14. The third kappa shape index (κ3) is 4.86. The molecule has 0 amide bonds. The van der Waals surface area contributed by atoms with Gasteiger partial charge in [0.1, 0.15) is 0 Å². The highest BCUT2D eigenvalue weighted by molar-refractivity contribution is 5.76. The minimum atomic E-state index is 0.945. The lowest BCUT2D eigenvalue weighted by atomic mass is 9.80. The van der Waals surface area contributed by atoms with Gasteiger partial charge in [-0.3, -0.25) is 0 Å². The first-order valence-corrected chi connectivity index (χ1v) is 11.8. The lowest BCUT2D eigenvalue weighted by molar-refractivity contribution is 0.278. The van der Waals surface area contributed by atoms with Crippen molar-refractivity contribution >= 4 is 0 Å². The molecule has 1 aliphatic carbocycles. The molecule has 0 unspecified atom stereocenters. The van der Waals surface area contributed by atoms with E-state index in [0.29, 0.717) is 0 Å². The van der Waals surface area contributed by atoms with E-state index in [4.69, 9.17) is 0 Å². The van der Waals surface area contributed by atoms with Gasteiger partial charge in [0.15, 0.2) is 0 Å². The van der Waals surface area contributed by atoms with Crippen molar-refractivity contribution in [2.75, 3.05) is 0 Å². The molecule has 0 radical (unpaired) electrons. The van der Waals surface area contributed by atoms with Gasteiger partial charge in [-0.1, -0.05) is 98.8 Å². The standard InChI is InChI=1S/C30H36/c1-21-5-9-25(10-6-21)11-12-26-13-17-27(18-14-26)29-19-23(3)30(24(4)20-29)28-15-7-22(2)8-16-28/h7-8,13-21,25H,5-6,9-12H2,1-4H3. The molecule has 0 heteroatoms. The van der Waals surface area contributed by atoms with Crippen molar-refractivity contribution in [2.24, 2.45) is 11.8 Å².